The minimum absolute atomic E-state index is 0.165. The van der Waals surface area contributed by atoms with E-state index in [4.69, 9.17) is 10.7 Å². The van der Waals surface area contributed by atoms with Gasteiger partial charge < -0.3 is 16.4 Å². The molecule has 0 saturated carbocycles. The van der Waals surface area contributed by atoms with Gasteiger partial charge in [-0.3, -0.25) is 14.2 Å². The highest BCUT2D eigenvalue weighted by molar-refractivity contribution is 5.94. The van der Waals surface area contributed by atoms with Crippen molar-refractivity contribution in [1.29, 1.82) is 0 Å². The Kier molecular flexibility index (Phi) is 6.34. The third-order valence-corrected chi connectivity index (χ3v) is 5.74. The molecule has 9 nitrogen and oxygen atoms in total. The van der Waals surface area contributed by atoms with Crippen LogP contribution < -0.4 is 16.4 Å². The summed E-state index contributed by atoms with van der Waals surface area (Å²) in [6, 6.07) is 20.4. The highest BCUT2D eigenvalue weighted by atomic mass is 16.2. The van der Waals surface area contributed by atoms with Crippen molar-refractivity contribution < 1.29 is 9.59 Å². The van der Waals surface area contributed by atoms with Crippen LogP contribution in [-0.4, -0.2) is 31.3 Å². The third-order valence-electron chi connectivity index (χ3n) is 5.74. The summed E-state index contributed by atoms with van der Waals surface area (Å²) in [7, 11) is 0. The van der Waals surface area contributed by atoms with Crippen LogP contribution >= 0.6 is 0 Å². The smallest absolute Gasteiger partial charge is 0.228 e. The van der Waals surface area contributed by atoms with E-state index >= 15 is 0 Å². The predicted molar refractivity (Wildman–Crippen MR) is 144 cm³/mol. The summed E-state index contributed by atoms with van der Waals surface area (Å²) in [5.74, 6) is 0.686. The number of pyridine rings is 2. The van der Waals surface area contributed by atoms with Gasteiger partial charge in [-0.15, -0.1) is 0 Å². The Morgan fingerprint density at radius 3 is 2.43 bits per heavy atom. The molecule has 5 rings (SSSR count). The maximum absolute atomic E-state index is 12.7. The fourth-order valence-corrected chi connectivity index (χ4v) is 4.13. The molecule has 2 aromatic carbocycles. The maximum Gasteiger partial charge on any atom is 0.228 e. The lowest BCUT2D eigenvalue weighted by Gasteiger charge is -2.11. The molecule has 2 amide bonds. The van der Waals surface area contributed by atoms with Gasteiger partial charge in [-0.05, 0) is 66.6 Å². The van der Waals surface area contributed by atoms with Gasteiger partial charge in [0.1, 0.15) is 11.3 Å². The molecular formula is C28H25N7O2. The maximum atomic E-state index is 12.7. The SMILES string of the molecule is CC(=O)Nc1cccc(NC(=O)Cc2ccc(-n3c(-c4cccnc4N)nc4cc(C)cnc43)cc2)c1. The minimum atomic E-state index is -0.172. The largest absolute Gasteiger partial charge is 0.383 e. The van der Waals surface area contributed by atoms with E-state index in [1.165, 1.54) is 6.92 Å². The molecule has 0 atom stereocenters. The van der Waals surface area contributed by atoms with E-state index in [1.807, 2.05) is 54.0 Å². The minimum Gasteiger partial charge on any atom is -0.383 e. The summed E-state index contributed by atoms with van der Waals surface area (Å²) >= 11 is 0. The van der Waals surface area contributed by atoms with Gasteiger partial charge in [-0.25, -0.2) is 15.0 Å². The second-order valence-electron chi connectivity index (χ2n) is 8.72. The van der Waals surface area contributed by atoms with Crippen molar-refractivity contribution >= 4 is 40.2 Å². The van der Waals surface area contributed by atoms with Crippen molar-refractivity contribution in [2.24, 2.45) is 0 Å². The van der Waals surface area contributed by atoms with E-state index in [0.29, 0.717) is 34.2 Å². The van der Waals surface area contributed by atoms with E-state index in [0.717, 1.165) is 22.3 Å². The molecule has 0 unspecified atom stereocenters. The summed E-state index contributed by atoms with van der Waals surface area (Å²) in [4.78, 5) is 37.6. The fraction of sp³-hybridized carbons (Fsp3) is 0.107. The molecule has 37 heavy (non-hydrogen) atoms. The molecule has 0 fully saturated rings. The van der Waals surface area contributed by atoms with Gasteiger partial charge in [0.05, 0.1) is 12.0 Å². The van der Waals surface area contributed by atoms with Crippen LogP contribution in [0.5, 0.6) is 0 Å². The summed E-state index contributed by atoms with van der Waals surface area (Å²) < 4.78 is 1.94. The van der Waals surface area contributed by atoms with Crippen LogP contribution in [0.1, 0.15) is 18.1 Å². The number of aromatic nitrogens is 4. The molecule has 0 spiro atoms. The molecule has 0 saturated heterocycles. The summed E-state index contributed by atoms with van der Waals surface area (Å²) in [6.07, 6.45) is 3.63. The van der Waals surface area contributed by atoms with E-state index in [1.54, 1.807) is 36.7 Å². The van der Waals surface area contributed by atoms with Crippen LogP contribution in [0, 0.1) is 6.92 Å². The van der Waals surface area contributed by atoms with Crippen molar-refractivity contribution in [1.82, 2.24) is 19.5 Å². The number of fused-ring (bicyclic) bond motifs is 1. The Bertz CT molecular complexity index is 1620. The van der Waals surface area contributed by atoms with Crippen LogP contribution in [0.3, 0.4) is 0 Å². The van der Waals surface area contributed by atoms with E-state index in [-0.39, 0.29) is 18.2 Å². The second kappa shape index (κ2) is 9.90. The van der Waals surface area contributed by atoms with Crippen LogP contribution in [0.25, 0.3) is 28.2 Å². The zero-order chi connectivity index (χ0) is 25.9. The van der Waals surface area contributed by atoms with Crippen molar-refractivity contribution in [2.45, 2.75) is 20.3 Å². The number of nitrogens with two attached hydrogens (primary N) is 1. The zero-order valence-electron chi connectivity index (χ0n) is 20.4. The number of imidazole rings is 1. The molecule has 0 bridgehead atoms. The molecule has 5 aromatic rings. The molecule has 0 aliphatic carbocycles. The van der Waals surface area contributed by atoms with Crippen molar-refractivity contribution in [2.75, 3.05) is 16.4 Å². The number of carbonyl (C=O) groups is 2. The highest BCUT2D eigenvalue weighted by Crippen LogP contribution is 2.30. The summed E-state index contributed by atoms with van der Waals surface area (Å²) in [5.41, 5.74) is 12.3. The second-order valence-corrected chi connectivity index (χ2v) is 8.72. The van der Waals surface area contributed by atoms with E-state index < -0.39 is 0 Å². The van der Waals surface area contributed by atoms with Gasteiger partial charge in [0.15, 0.2) is 11.5 Å². The average Bonchev–Trinajstić information content (AvgIpc) is 3.22. The van der Waals surface area contributed by atoms with Crippen LogP contribution in [0.2, 0.25) is 0 Å². The molecule has 0 aliphatic rings. The first kappa shape index (κ1) is 23.7. The molecule has 0 radical (unpaired) electrons. The van der Waals surface area contributed by atoms with Gasteiger partial charge in [-0.1, -0.05) is 18.2 Å². The summed E-state index contributed by atoms with van der Waals surface area (Å²) in [5, 5.41) is 5.58. The normalized spacial score (nSPS) is 10.9. The zero-order valence-corrected chi connectivity index (χ0v) is 20.4. The number of anilines is 3. The number of nitrogen functional groups attached to an aromatic ring is 1. The monoisotopic (exact) mass is 491 g/mol. The summed E-state index contributed by atoms with van der Waals surface area (Å²) in [6.45, 7) is 3.41. The first-order chi connectivity index (χ1) is 17.9. The number of aryl methyl sites for hydroxylation is 1. The number of carbonyl (C=O) groups excluding carboxylic acids is 2. The van der Waals surface area contributed by atoms with E-state index in [9.17, 15) is 9.59 Å². The highest BCUT2D eigenvalue weighted by Gasteiger charge is 2.18. The Morgan fingerprint density at radius 2 is 1.70 bits per heavy atom. The van der Waals surface area contributed by atoms with Crippen molar-refractivity contribution in [3.05, 3.63) is 90.3 Å². The molecule has 9 heteroatoms. The lowest BCUT2D eigenvalue weighted by atomic mass is 10.1. The van der Waals surface area contributed by atoms with E-state index in [2.05, 4.69) is 20.6 Å². The number of nitrogens with zero attached hydrogens (tertiary/aromatic N) is 4. The fourth-order valence-electron chi connectivity index (χ4n) is 4.13. The number of hydrogen-bond donors (Lipinski definition) is 3. The van der Waals surface area contributed by atoms with Gasteiger partial charge in [-0.2, -0.15) is 0 Å². The Hall–Kier alpha value is -5.05. The molecule has 4 N–H and O–H groups in total. The lowest BCUT2D eigenvalue weighted by Crippen LogP contribution is -2.15. The Morgan fingerprint density at radius 1 is 0.946 bits per heavy atom. The average molecular weight is 492 g/mol. The lowest BCUT2D eigenvalue weighted by molar-refractivity contribution is -0.115. The van der Waals surface area contributed by atoms with Crippen LogP contribution in [-0.2, 0) is 16.0 Å². The molecule has 3 aromatic heterocycles. The predicted octanol–water partition coefficient (Wildman–Crippen LogP) is 4.51. The number of rotatable bonds is 6. The first-order valence-electron chi connectivity index (χ1n) is 11.7. The van der Waals surface area contributed by atoms with Crippen molar-refractivity contribution in [3.63, 3.8) is 0 Å². The number of amides is 2. The van der Waals surface area contributed by atoms with Gasteiger partial charge in [0.25, 0.3) is 0 Å². The number of benzene rings is 2. The van der Waals surface area contributed by atoms with Crippen LogP contribution in [0.4, 0.5) is 17.2 Å². The molecule has 184 valence electrons. The van der Waals surface area contributed by atoms with Crippen molar-refractivity contribution in [3.8, 4) is 17.1 Å². The van der Waals surface area contributed by atoms with Gasteiger partial charge >= 0.3 is 0 Å². The molecule has 3 heterocycles. The first-order valence-corrected chi connectivity index (χ1v) is 11.7. The number of nitrogens with one attached hydrogen (secondary N) is 2. The van der Waals surface area contributed by atoms with Gasteiger partial charge in [0.2, 0.25) is 11.8 Å². The van der Waals surface area contributed by atoms with Gasteiger partial charge in [0, 0.05) is 36.4 Å². The molecule has 0 aliphatic heterocycles. The van der Waals surface area contributed by atoms with Crippen LogP contribution in [0.15, 0.2) is 79.1 Å². The number of hydrogen-bond acceptors (Lipinski definition) is 6. The Labute approximate surface area is 213 Å². The third kappa shape index (κ3) is 5.15. The Balaban J connectivity index is 1.41. The quantitative estimate of drug-likeness (QED) is 0.321. The standard InChI is InChI=1S/C28H25N7O2/c1-17-13-24-28(31-16-17)35(27(34-24)23-7-4-12-30-26(23)29)22-10-8-19(9-11-22)14-25(37)33-21-6-3-5-20(15-21)32-18(2)36/h3-13,15-16H,14H2,1-2H3,(H2,29,30)(H,32,36)(H,33,37). The molecular weight excluding hydrogens is 466 g/mol. The topological polar surface area (TPSA) is 128 Å².